The van der Waals surface area contributed by atoms with E-state index in [2.05, 4.69) is 18.2 Å². The molecule has 0 aliphatic carbocycles. The lowest BCUT2D eigenvalue weighted by Crippen LogP contribution is -2.18. The number of rotatable bonds is 0. The number of hydrogen-bond donors (Lipinski definition) is 0. The molecular formula is C12H12O2. The summed E-state index contributed by atoms with van der Waals surface area (Å²) >= 11 is 0. The number of fused-ring (bicyclic) bond motifs is 3. The Hall–Kier alpha value is -1.15. The lowest BCUT2D eigenvalue weighted by molar-refractivity contribution is -0.122. The van der Waals surface area contributed by atoms with Crippen LogP contribution in [0.25, 0.3) is 0 Å². The fourth-order valence-corrected chi connectivity index (χ4v) is 2.40. The van der Waals surface area contributed by atoms with Crippen molar-refractivity contribution in [2.45, 2.75) is 31.5 Å². The van der Waals surface area contributed by atoms with Gasteiger partial charge in [-0.25, -0.2) is 0 Å². The van der Waals surface area contributed by atoms with Crippen LogP contribution in [0.3, 0.4) is 0 Å². The molecule has 1 saturated heterocycles. The van der Waals surface area contributed by atoms with E-state index in [1.54, 1.807) is 0 Å². The summed E-state index contributed by atoms with van der Waals surface area (Å²) < 4.78 is 5.67. The second-order valence-electron chi connectivity index (χ2n) is 4.09. The Bertz CT molecular complexity index is 384. The molecule has 3 rings (SSSR count). The molecule has 2 nitrogen and oxygen atoms in total. The molecule has 2 heterocycles. The predicted molar refractivity (Wildman–Crippen MR) is 52.1 cm³/mol. The Morgan fingerprint density at radius 1 is 1.07 bits per heavy atom. The molecule has 14 heavy (non-hydrogen) atoms. The third-order valence-electron chi connectivity index (χ3n) is 3.12. The van der Waals surface area contributed by atoms with E-state index in [0.29, 0.717) is 6.42 Å². The Morgan fingerprint density at radius 2 is 1.79 bits per heavy atom. The minimum Gasteiger partial charge on any atom is -0.366 e. The zero-order chi connectivity index (χ0) is 9.54. The summed E-state index contributed by atoms with van der Waals surface area (Å²) in [6.07, 6.45) is 2.25. The van der Waals surface area contributed by atoms with E-state index in [4.69, 9.17) is 4.74 Å². The number of hydrogen-bond acceptors (Lipinski definition) is 2. The van der Waals surface area contributed by atoms with Gasteiger partial charge in [0, 0.05) is 12.8 Å². The second-order valence-corrected chi connectivity index (χ2v) is 4.09. The second kappa shape index (κ2) is 2.92. The SMILES string of the molecule is O=C1C[C@@H]2Cc3ccccc3C[C@H]1O2. The molecule has 0 saturated carbocycles. The number of benzene rings is 1. The summed E-state index contributed by atoms with van der Waals surface area (Å²) in [7, 11) is 0. The highest BCUT2D eigenvalue weighted by Gasteiger charge is 2.36. The first-order valence-electron chi connectivity index (χ1n) is 5.08. The summed E-state index contributed by atoms with van der Waals surface area (Å²) in [5.41, 5.74) is 2.64. The van der Waals surface area contributed by atoms with Gasteiger partial charge < -0.3 is 4.74 Å². The van der Waals surface area contributed by atoms with Crippen LogP contribution in [0.15, 0.2) is 24.3 Å². The molecule has 0 N–H and O–H groups in total. The normalized spacial score (nSPS) is 29.9. The van der Waals surface area contributed by atoms with Gasteiger partial charge in [0.1, 0.15) is 6.10 Å². The van der Waals surface area contributed by atoms with Crippen LogP contribution in [0.2, 0.25) is 0 Å². The highest BCUT2D eigenvalue weighted by molar-refractivity contribution is 5.86. The maximum atomic E-state index is 11.5. The Kier molecular flexibility index (Phi) is 1.71. The van der Waals surface area contributed by atoms with Gasteiger partial charge in [0.05, 0.1) is 6.10 Å². The van der Waals surface area contributed by atoms with Crippen molar-refractivity contribution >= 4 is 5.78 Å². The van der Waals surface area contributed by atoms with E-state index < -0.39 is 0 Å². The van der Waals surface area contributed by atoms with Crippen molar-refractivity contribution in [3.63, 3.8) is 0 Å². The van der Waals surface area contributed by atoms with Gasteiger partial charge in [0.2, 0.25) is 0 Å². The highest BCUT2D eigenvalue weighted by atomic mass is 16.5. The van der Waals surface area contributed by atoms with E-state index in [9.17, 15) is 4.79 Å². The fourth-order valence-electron chi connectivity index (χ4n) is 2.40. The number of ketones is 1. The lowest BCUT2D eigenvalue weighted by atomic mass is 9.93. The predicted octanol–water partition coefficient (Wildman–Crippen LogP) is 1.51. The van der Waals surface area contributed by atoms with Gasteiger partial charge in [-0.05, 0) is 17.5 Å². The molecule has 1 aromatic carbocycles. The maximum absolute atomic E-state index is 11.5. The first kappa shape index (κ1) is 8.18. The highest BCUT2D eigenvalue weighted by Crippen LogP contribution is 2.28. The van der Waals surface area contributed by atoms with Crippen molar-refractivity contribution in [2.75, 3.05) is 0 Å². The van der Waals surface area contributed by atoms with Gasteiger partial charge in [-0.15, -0.1) is 0 Å². The maximum Gasteiger partial charge on any atom is 0.164 e. The smallest absolute Gasteiger partial charge is 0.164 e. The molecule has 2 bridgehead atoms. The van der Waals surface area contributed by atoms with E-state index >= 15 is 0 Å². The zero-order valence-corrected chi connectivity index (χ0v) is 7.90. The Labute approximate surface area is 82.9 Å². The van der Waals surface area contributed by atoms with E-state index in [1.165, 1.54) is 11.1 Å². The summed E-state index contributed by atoms with van der Waals surface area (Å²) in [5.74, 6) is 0.282. The first-order chi connectivity index (χ1) is 6.83. The van der Waals surface area contributed by atoms with Crippen molar-refractivity contribution in [3.8, 4) is 0 Å². The van der Waals surface area contributed by atoms with Crippen molar-refractivity contribution in [2.24, 2.45) is 0 Å². The van der Waals surface area contributed by atoms with E-state index in [0.717, 1.165) is 12.8 Å². The van der Waals surface area contributed by atoms with Gasteiger partial charge in [-0.1, -0.05) is 24.3 Å². The number of Topliss-reactive ketones (excluding diaryl/α,β-unsaturated/α-hetero) is 1. The van der Waals surface area contributed by atoms with E-state index in [1.807, 2.05) is 6.07 Å². The molecule has 2 aliphatic rings. The minimum absolute atomic E-state index is 0.135. The summed E-state index contributed by atoms with van der Waals surface area (Å²) in [6, 6.07) is 8.33. The summed E-state index contributed by atoms with van der Waals surface area (Å²) in [5, 5.41) is 0. The quantitative estimate of drug-likeness (QED) is 0.617. The number of carbonyl (C=O) groups is 1. The van der Waals surface area contributed by atoms with Crippen LogP contribution in [-0.4, -0.2) is 18.0 Å². The molecule has 2 heteroatoms. The summed E-state index contributed by atoms with van der Waals surface area (Å²) in [4.78, 5) is 11.5. The molecule has 0 aromatic heterocycles. The number of ether oxygens (including phenoxy) is 1. The minimum atomic E-state index is -0.163. The van der Waals surface area contributed by atoms with Gasteiger partial charge >= 0.3 is 0 Å². The Balaban J connectivity index is 2.03. The van der Waals surface area contributed by atoms with Crippen LogP contribution < -0.4 is 0 Å². The van der Waals surface area contributed by atoms with Gasteiger partial charge in [-0.3, -0.25) is 4.79 Å². The fraction of sp³-hybridized carbons (Fsp3) is 0.417. The monoisotopic (exact) mass is 188 g/mol. The molecule has 2 atom stereocenters. The molecule has 0 radical (unpaired) electrons. The molecule has 1 aromatic rings. The lowest BCUT2D eigenvalue weighted by Gasteiger charge is -2.09. The molecular weight excluding hydrogens is 176 g/mol. The molecule has 0 spiro atoms. The van der Waals surface area contributed by atoms with Gasteiger partial charge in [0.15, 0.2) is 5.78 Å². The van der Waals surface area contributed by atoms with Crippen molar-refractivity contribution in [1.82, 2.24) is 0 Å². The van der Waals surface area contributed by atoms with Crippen LogP contribution in [0.1, 0.15) is 17.5 Å². The van der Waals surface area contributed by atoms with Crippen molar-refractivity contribution in [1.29, 1.82) is 0 Å². The topological polar surface area (TPSA) is 26.3 Å². The molecule has 72 valence electrons. The van der Waals surface area contributed by atoms with Crippen LogP contribution in [0, 0.1) is 0 Å². The first-order valence-corrected chi connectivity index (χ1v) is 5.08. The molecule has 2 aliphatic heterocycles. The average Bonchev–Trinajstić information content (AvgIpc) is 2.43. The molecule has 0 unspecified atom stereocenters. The van der Waals surface area contributed by atoms with Crippen LogP contribution in [0.4, 0.5) is 0 Å². The third kappa shape index (κ3) is 1.18. The summed E-state index contributed by atoms with van der Waals surface area (Å²) in [6.45, 7) is 0. The third-order valence-corrected chi connectivity index (χ3v) is 3.12. The molecule has 1 fully saturated rings. The van der Waals surface area contributed by atoms with Crippen LogP contribution in [-0.2, 0) is 22.4 Å². The van der Waals surface area contributed by atoms with Gasteiger partial charge in [0.25, 0.3) is 0 Å². The molecule has 0 amide bonds. The van der Waals surface area contributed by atoms with Crippen LogP contribution >= 0.6 is 0 Å². The van der Waals surface area contributed by atoms with Crippen molar-refractivity contribution in [3.05, 3.63) is 35.4 Å². The van der Waals surface area contributed by atoms with E-state index in [-0.39, 0.29) is 18.0 Å². The number of carbonyl (C=O) groups excluding carboxylic acids is 1. The average molecular weight is 188 g/mol. The largest absolute Gasteiger partial charge is 0.366 e. The Morgan fingerprint density at radius 3 is 2.57 bits per heavy atom. The van der Waals surface area contributed by atoms with Crippen molar-refractivity contribution < 1.29 is 9.53 Å². The van der Waals surface area contributed by atoms with Crippen LogP contribution in [0.5, 0.6) is 0 Å². The zero-order valence-electron chi connectivity index (χ0n) is 7.90. The standard InChI is InChI=1S/C12H12O2/c13-11-7-10-5-8-3-1-2-4-9(8)6-12(11)14-10/h1-4,10,12H,5-7H2/t10-,12+/m0/s1. The van der Waals surface area contributed by atoms with Gasteiger partial charge in [-0.2, -0.15) is 0 Å².